The van der Waals surface area contributed by atoms with Gasteiger partial charge in [0, 0.05) is 6.61 Å². The van der Waals surface area contributed by atoms with Gasteiger partial charge in [-0.1, -0.05) is 20.8 Å². The molecule has 1 heterocycles. The van der Waals surface area contributed by atoms with Gasteiger partial charge in [0.25, 0.3) is 0 Å². The second kappa shape index (κ2) is 5.69. The molecular formula is C13H25NO2. The Morgan fingerprint density at radius 2 is 2.19 bits per heavy atom. The smallest absolute Gasteiger partial charge is 0.111 e. The summed E-state index contributed by atoms with van der Waals surface area (Å²) in [6.45, 7) is 9.91. The van der Waals surface area contributed by atoms with Crippen molar-refractivity contribution in [2.75, 3.05) is 13.2 Å². The van der Waals surface area contributed by atoms with Crippen LogP contribution in [0.25, 0.3) is 0 Å². The molecule has 0 radical (unpaired) electrons. The number of ether oxygens (including phenoxy) is 2. The van der Waals surface area contributed by atoms with E-state index < -0.39 is 0 Å². The molecule has 0 amide bonds. The molecule has 0 bridgehead atoms. The highest BCUT2D eigenvalue weighted by Gasteiger charge is 2.34. The van der Waals surface area contributed by atoms with Gasteiger partial charge in [0.2, 0.25) is 0 Å². The van der Waals surface area contributed by atoms with Crippen LogP contribution in [0.4, 0.5) is 0 Å². The van der Waals surface area contributed by atoms with Crippen molar-refractivity contribution in [3.63, 3.8) is 0 Å². The van der Waals surface area contributed by atoms with E-state index in [2.05, 4.69) is 26.8 Å². The summed E-state index contributed by atoms with van der Waals surface area (Å²) in [4.78, 5) is 0. The van der Waals surface area contributed by atoms with E-state index in [1.54, 1.807) is 0 Å². The molecule has 0 saturated heterocycles. The van der Waals surface area contributed by atoms with E-state index in [1.807, 2.05) is 6.92 Å². The molecule has 3 heteroatoms. The van der Waals surface area contributed by atoms with Gasteiger partial charge in [-0.3, -0.25) is 0 Å². The Kier molecular flexibility index (Phi) is 4.81. The first-order valence-corrected chi connectivity index (χ1v) is 6.17. The van der Waals surface area contributed by atoms with Crippen molar-refractivity contribution in [1.82, 2.24) is 0 Å². The Morgan fingerprint density at radius 1 is 1.50 bits per heavy atom. The first kappa shape index (κ1) is 13.5. The zero-order valence-electron chi connectivity index (χ0n) is 11.0. The summed E-state index contributed by atoms with van der Waals surface area (Å²) in [7, 11) is 0. The molecule has 1 aliphatic rings. The van der Waals surface area contributed by atoms with Crippen LogP contribution in [0.3, 0.4) is 0 Å². The molecule has 0 aromatic carbocycles. The molecule has 3 nitrogen and oxygen atoms in total. The third-order valence-electron chi connectivity index (χ3n) is 2.82. The molecule has 2 atom stereocenters. The average molecular weight is 227 g/mol. The molecule has 0 aromatic rings. The maximum atomic E-state index is 6.25. The van der Waals surface area contributed by atoms with E-state index in [0.717, 1.165) is 25.2 Å². The SMILES string of the molecule is CCOC(C(N)C1=CCCCO1)C(C)(C)C. The van der Waals surface area contributed by atoms with Gasteiger partial charge in [0.15, 0.2) is 0 Å². The van der Waals surface area contributed by atoms with Crippen LogP contribution in [-0.4, -0.2) is 25.4 Å². The van der Waals surface area contributed by atoms with Gasteiger partial charge in [-0.05, 0) is 31.3 Å². The Hall–Kier alpha value is -0.540. The van der Waals surface area contributed by atoms with Crippen molar-refractivity contribution < 1.29 is 9.47 Å². The second-order valence-corrected chi connectivity index (χ2v) is 5.36. The Morgan fingerprint density at radius 3 is 2.62 bits per heavy atom. The molecule has 0 fully saturated rings. The highest BCUT2D eigenvalue weighted by molar-refractivity contribution is 5.09. The van der Waals surface area contributed by atoms with E-state index in [-0.39, 0.29) is 17.6 Å². The molecule has 1 rings (SSSR count). The monoisotopic (exact) mass is 227 g/mol. The summed E-state index contributed by atoms with van der Waals surface area (Å²) in [5.74, 6) is 0.902. The lowest BCUT2D eigenvalue weighted by Crippen LogP contribution is -2.47. The first-order chi connectivity index (χ1) is 7.46. The summed E-state index contributed by atoms with van der Waals surface area (Å²) in [6, 6.07) is -0.153. The minimum Gasteiger partial charge on any atom is -0.496 e. The summed E-state index contributed by atoms with van der Waals surface area (Å²) in [5, 5.41) is 0. The highest BCUT2D eigenvalue weighted by Crippen LogP contribution is 2.28. The summed E-state index contributed by atoms with van der Waals surface area (Å²) in [5.41, 5.74) is 6.27. The Bertz CT molecular complexity index is 243. The third-order valence-corrected chi connectivity index (χ3v) is 2.82. The normalized spacial score (nSPS) is 20.9. The second-order valence-electron chi connectivity index (χ2n) is 5.36. The molecule has 2 N–H and O–H groups in total. The molecule has 94 valence electrons. The van der Waals surface area contributed by atoms with Gasteiger partial charge in [0.05, 0.1) is 18.8 Å². The van der Waals surface area contributed by atoms with Crippen LogP contribution < -0.4 is 5.73 Å². The van der Waals surface area contributed by atoms with Gasteiger partial charge in [-0.25, -0.2) is 0 Å². The van der Waals surface area contributed by atoms with Crippen molar-refractivity contribution in [3.05, 3.63) is 11.8 Å². The number of hydrogen-bond donors (Lipinski definition) is 1. The van der Waals surface area contributed by atoms with Crippen LogP contribution in [-0.2, 0) is 9.47 Å². The zero-order valence-corrected chi connectivity index (χ0v) is 11.0. The minimum absolute atomic E-state index is 0.00171. The molecule has 2 unspecified atom stereocenters. The summed E-state index contributed by atoms with van der Waals surface area (Å²) in [6.07, 6.45) is 4.25. The minimum atomic E-state index is -0.153. The van der Waals surface area contributed by atoms with E-state index in [1.165, 1.54) is 0 Å². The predicted octanol–water partition coefficient (Wildman–Crippen LogP) is 2.46. The largest absolute Gasteiger partial charge is 0.496 e. The van der Waals surface area contributed by atoms with Crippen molar-refractivity contribution >= 4 is 0 Å². The fourth-order valence-corrected chi connectivity index (χ4v) is 2.03. The number of hydrogen-bond acceptors (Lipinski definition) is 3. The van der Waals surface area contributed by atoms with Crippen molar-refractivity contribution in [3.8, 4) is 0 Å². The molecule has 1 aliphatic heterocycles. The van der Waals surface area contributed by atoms with Crippen molar-refractivity contribution in [1.29, 1.82) is 0 Å². The maximum absolute atomic E-state index is 6.25. The number of allylic oxidation sites excluding steroid dienone is 1. The van der Waals surface area contributed by atoms with Crippen LogP contribution >= 0.6 is 0 Å². The van der Waals surface area contributed by atoms with Crippen LogP contribution in [0.2, 0.25) is 0 Å². The van der Waals surface area contributed by atoms with Crippen molar-refractivity contribution in [2.45, 2.75) is 52.7 Å². The average Bonchev–Trinajstić information content (AvgIpc) is 2.25. The quantitative estimate of drug-likeness (QED) is 0.802. The van der Waals surface area contributed by atoms with Crippen LogP contribution in [0.1, 0.15) is 40.5 Å². The van der Waals surface area contributed by atoms with Crippen LogP contribution in [0.5, 0.6) is 0 Å². The van der Waals surface area contributed by atoms with Crippen LogP contribution in [0.15, 0.2) is 11.8 Å². The Labute approximate surface area is 99.0 Å². The Balaban J connectivity index is 2.73. The van der Waals surface area contributed by atoms with Gasteiger partial charge >= 0.3 is 0 Å². The maximum Gasteiger partial charge on any atom is 0.111 e. The standard InChI is InChI=1S/C13H25NO2/c1-5-15-12(13(2,3)4)11(14)10-8-6-7-9-16-10/h8,11-12H,5-7,9,14H2,1-4H3. The van der Waals surface area contributed by atoms with Crippen LogP contribution in [0, 0.1) is 5.41 Å². The highest BCUT2D eigenvalue weighted by atomic mass is 16.5. The zero-order chi connectivity index (χ0) is 12.2. The van der Waals surface area contributed by atoms with Gasteiger partial charge < -0.3 is 15.2 Å². The first-order valence-electron chi connectivity index (χ1n) is 6.17. The topological polar surface area (TPSA) is 44.5 Å². The predicted molar refractivity (Wildman–Crippen MR) is 66.1 cm³/mol. The van der Waals surface area contributed by atoms with E-state index in [9.17, 15) is 0 Å². The lowest BCUT2D eigenvalue weighted by molar-refractivity contribution is -0.0324. The summed E-state index contributed by atoms with van der Waals surface area (Å²) < 4.78 is 11.4. The van der Waals surface area contributed by atoms with E-state index >= 15 is 0 Å². The van der Waals surface area contributed by atoms with E-state index in [0.29, 0.717) is 6.61 Å². The number of rotatable bonds is 4. The van der Waals surface area contributed by atoms with Gasteiger partial charge in [-0.15, -0.1) is 0 Å². The number of nitrogens with two attached hydrogens (primary N) is 1. The molecule has 0 spiro atoms. The molecule has 0 saturated carbocycles. The molecule has 0 aromatic heterocycles. The molecular weight excluding hydrogens is 202 g/mol. The van der Waals surface area contributed by atoms with Crippen molar-refractivity contribution in [2.24, 2.45) is 11.1 Å². The molecule has 16 heavy (non-hydrogen) atoms. The van der Waals surface area contributed by atoms with Gasteiger partial charge in [0.1, 0.15) is 5.76 Å². The fourth-order valence-electron chi connectivity index (χ4n) is 2.03. The lowest BCUT2D eigenvalue weighted by Gasteiger charge is -2.36. The van der Waals surface area contributed by atoms with E-state index in [4.69, 9.17) is 15.2 Å². The van der Waals surface area contributed by atoms with Gasteiger partial charge in [-0.2, -0.15) is 0 Å². The molecule has 0 aliphatic carbocycles. The summed E-state index contributed by atoms with van der Waals surface area (Å²) >= 11 is 0. The lowest BCUT2D eigenvalue weighted by atomic mass is 9.83. The fraction of sp³-hybridized carbons (Fsp3) is 0.846. The third kappa shape index (κ3) is 3.49.